The van der Waals surface area contributed by atoms with Crippen LogP contribution < -0.4 is 5.56 Å². The highest BCUT2D eigenvalue weighted by Crippen LogP contribution is 2.22. The van der Waals surface area contributed by atoms with E-state index in [2.05, 4.69) is 15.0 Å². The van der Waals surface area contributed by atoms with E-state index in [4.69, 9.17) is 0 Å². The number of aromatic nitrogens is 3. The van der Waals surface area contributed by atoms with E-state index in [-0.39, 0.29) is 5.56 Å². The van der Waals surface area contributed by atoms with E-state index in [0.29, 0.717) is 5.16 Å². The van der Waals surface area contributed by atoms with E-state index in [1.807, 2.05) is 20.0 Å². The van der Waals surface area contributed by atoms with E-state index in [1.165, 1.54) is 22.7 Å². The van der Waals surface area contributed by atoms with Crippen molar-refractivity contribution in [2.24, 2.45) is 0 Å². The van der Waals surface area contributed by atoms with Gasteiger partial charge in [0.15, 0.2) is 5.16 Å². The van der Waals surface area contributed by atoms with Gasteiger partial charge in [-0.05, 0) is 13.8 Å². The Balaban J connectivity index is 2.07. The van der Waals surface area contributed by atoms with Crippen LogP contribution in [0.3, 0.4) is 0 Å². The Morgan fingerprint density at radius 2 is 2.31 bits per heavy atom. The topological polar surface area (TPSA) is 58.6 Å². The van der Waals surface area contributed by atoms with Gasteiger partial charge in [-0.3, -0.25) is 4.79 Å². The number of hydrogen-bond donors (Lipinski definition) is 1. The van der Waals surface area contributed by atoms with Gasteiger partial charge < -0.3 is 4.98 Å². The molecule has 0 amide bonds. The minimum atomic E-state index is -0.101. The van der Waals surface area contributed by atoms with Crippen molar-refractivity contribution < 1.29 is 0 Å². The lowest BCUT2D eigenvalue weighted by molar-refractivity contribution is 0.905. The van der Waals surface area contributed by atoms with Gasteiger partial charge in [-0.2, -0.15) is 0 Å². The van der Waals surface area contributed by atoms with E-state index >= 15 is 0 Å². The molecule has 0 saturated heterocycles. The molecule has 0 aliphatic rings. The van der Waals surface area contributed by atoms with Gasteiger partial charge in [0, 0.05) is 28.6 Å². The highest BCUT2D eigenvalue weighted by molar-refractivity contribution is 7.98. The molecule has 2 heterocycles. The Bertz CT molecular complexity index is 547. The molecular weight excluding hydrogens is 242 g/mol. The first kappa shape index (κ1) is 11.3. The van der Waals surface area contributed by atoms with Crippen LogP contribution in [0.25, 0.3) is 0 Å². The fourth-order valence-electron chi connectivity index (χ4n) is 1.23. The number of H-pyrrole nitrogens is 1. The first-order valence-electron chi connectivity index (χ1n) is 4.75. The number of nitrogens with zero attached hydrogens (tertiary/aromatic N) is 2. The standard InChI is InChI=1S/C10H11N3OS2/c1-6-3-9(14)13-10(12-6)15-5-8-4-11-7(2)16-8/h3-4H,5H2,1-2H3,(H,12,13,14). The Hall–Kier alpha value is -1.14. The Morgan fingerprint density at radius 3 is 2.94 bits per heavy atom. The lowest BCUT2D eigenvalue weighted by Crippen LogP contribution is -2.07. The van der Waals surface area contributed by atoms with Gasteiger partial charge in [0.1, 0.15) is 0 Å². The summed E-state index contributed by atoms with van der Waals surface area (Å²) < 4.78 is 0. The number of aromatic amines is 1. The van der Waals surface area contributed by atoms with Crippen molar-refractivity contribution in [1.82, 2.24) is 15.0 Å². The number of rotatable bonds is 3. The van der Waals surface area contributed by atoms with Gasteiger partial charge in [-0.1, -0.05) is 11.8 Å². The summed E-state index contributed by atoms with van der Waals surface area (Å²) in [5.74, 6) is 0.790. The maximum absolute atomic E-state index is 11.2. The molecule has 6 heteroatoms. The van der Waals surface area contributed by atoms with Gasteiger partial charge in [0.05, 0.1) is 5.01 Å². The largest absolute Gasteiger partial charge is 0.301 e. The van der Waals surface area contributed by atoms with Crippen molar-refractivity contribution in [3.63, 3.8) is 0 Å². The van der Waals surface area contributed by atoms with Crippen LogP contribution in [0.2, 0.25) is 0 Å². The first-order valence-corrected chi connectivity index (χ1v) is 6.56. The number of nitrogens with one attached hydrogen (secondary N) is 1. The van der Waals surface area contributed by atoms with Crippen molar-refractivity contribution in [2.75, 3.05) is 0 Å². The molecule has 0 aliphatic heterocycles. The second-order valence-corrected chi connectivity index (χ2v) is 5.61. The quantitative estimate of drug-likeness (QED) is 0.672. The van der Waals surface area contributed by atoms with Crippen molar-refractivity contribution >= 4 is 23.1 Å². The zero-order valence-corrected chi connectivity index (χ0v) is 10.6. The van der Waals surface area contributed by atoms with Crippen LogP contribution in [0.1, 0.15) is 15.6 Å². The molecule has 16 heavy (non-hydrogen) atoms. The summed E-state index contributed by atoms with van der Waals surface area (Å²) in [5, 5.41) is 1.72. The molecule has 0 aliphatic carbocycles. The maximum atomic E-state index is 11.2. The van der Waals surface area contributed by atoms with E-state index in [9.17, 15) is 4.79 Å². The third-order valence-corrected chi connectivity index (χ3v) is 3.89. The van der Waals surface area contributed by atoms with Gasteiger partial charge >= 0.3 is 0 Å². The van der Waals surface area contributed by atoms with Crippen molar-refractivity contribution in [3.8, 4) is 0 Å². The summed E-state index contributed by atoms with van der Waals surface area (Å²) in [7, 11) is 0. The Kier molecular flexibility index (Phi) is 3.40. The van der Waals surface area contributed by atoms with Crippen LogP contribution in [-0.2, 0) is 5.75 Å². The molecule has 1 N–H and O–H groups in total. The summed E-state index contributed by atoms with van der Waals surface area (Å²) in [6.45, 7) is 3.79. The molecule has 0 radical (unpaired) electrons. The lowest BCUT2D eigenvalue weighted by Gasteiger charge is -1.99. The Labute approximate surface area is 101 Å². The highest BCUT2D eigenvalue weighted by atomic mass is 32.2. The molecule has 0 saturated carbocycles. The smallest absolute Gasteiger partial charge is 0.251 e. The molecule has 0 spiro atoms. The minimum Gasteiger partial charge on any atom is -0.301 e. The van der Waals surface area contributed by atoms with Gasteiger partial charge in [0.25, 0.3) is 5.56 Å². The average Bonchev–Trinajstić information content (AvgIpc) is 2.60. The highest BCUT2D eigenvalue weighted by Gasteiger charge is 2.02. The zero-order chi connectivity index (χ0) is 11.5. The van der Waals surface area contributed by atoms with Crippen LogP contribution >= 0.6 is 23.1 Å². The van der Waals surface area contributed by atoms with Crippen LogP contribution in [0.5, 0.6) is 0 Å². The normalized spacial score (nSPS) is 10.6. The van der Waals surface area contributed by atoms with Gasteiger partial charge in [0.2, 0.25) is 0 Å². The summed E-state index contributed by atoms with van der Waals surface area (Å²) >= 11 is 3.18. The zero-order valence-electron chi connectivity index (χ0n) is 8.98. The van der Waals surface area contributed by atoms with Gasteiger partial charge in [-0.15, -0.1) is 11.3 Å². The van der Waals surface area contributed by atoms with E-state index < -0.39 is 0 Å². The van der Waals surface area contributed by atoms with E-state index in [0.717, 1.165) is 16.5 Å². The second kappa shape index (κ2) is 4.80. The molecule has 4 nitrogen and oxygen atoms in total. The first-order chi connectivity index (χ1) is 7.63. The number of thiazole rings is 1. The van der Waals surface area contributed by atoms with Gasteiger partial charge in [-0.25, -0.2) is 9.97 Å². The molecule has 2 rings (SSSR count). The predicted molar refractivity (Wildman–Crippen MR) is 66.0 cm³/mol. The number of hydrogen-bond acceptors (Lipinski definition) is 5. The molecule has 0 atom stereocenters. The number of thioether (sulfide) groups is 1. The third kappa shape index (κ3) is 2.93. The summed E-state index contributed by atoms with van der Waals surface area (Å²) in [5.41, 5.74) is 0.641. The average molecular weight is 253 g/mol. The SMILES string of the molecule is Cc1cc(=O)[nH]c(SCc2cnc(C)s2)n1. The molecule has 0 aromatic carbocycles. The predicted octanol–water partition coefficient (Wildman–Crippen LogP) is 2.14. The van der Waals surface area contributed by atoms with Crippen molar-refractivity contribution in [1.29, 1.82) is 0 Å². The molecule has 0 unspecified atom stereocenters. The summed E-state index contributed by atoms with van der Waals surface area (Å²) in [4.78, 5) is 23.5. The molecule has 84 valence electrons. The molecule has 0 bridgehead atoms. The van der Waals surface area contributed by atoms with Crippen molar-refractivity contribution in [2.45, 2.75) is 24.8 Å². The van der Waals surface area contributed by atoms with Crippen LogP contribution in [0.4, 0.5) is 0 Å². The number of aryl methyl sites for hydroxylation is 2. The molecule has 0 fully saturated rings. The molecule has 2 aromatic heterocycles. The molecular formula is C10H11N3OS2. The molecule has 2 aromatic rings. The monoisotopic (exact) mass is 253 g/mol. The maximum Gasteiger partial charge on any atom is 0.251 e. The second-order valence-electron chi connectivity index (χ2n) is 3.33. The van der Waals surface area contributed by atoms with Crippen LogP contribution in [0.15, 0.2) is 22.2 Å². The van der Waals surface area contributed by atoms with Crippen molar-refractivity contribution in [3.05, 3.63) is 38.2 Å². The fraction of sp³-hybridized carbons (Fsp3) is 0.300. The Morgan fingerprint density at radius 1 is 1.50 bits per heavy atom. The fourth-order valence-corrected chi connectivity index (χ4v) is 2.97. The lowest BCUT2D eigenvalue weighted by atomic mass is 10.5. The minimum absolute atomic E-state index is 0.101. The van der Waals surface area contributed by atoms with Crippen LogP contribution in [0, 0.1) is 13.8 Å². The third-order valence-electron chi connectivity index (χ3n) is 1.87. The summed E-state index contributed by atoms with van der Waals surface area (Å²) in [6.07, 6.45) is 1.86. The van der Waals surface area contributed by atoms with E-state index in [1.54, 1.807) is 11.3 Å². The van der Waals surface area contributed by atoms with Crippen LogP contribution in [-0.4, -0.2) is 15.0 Å². The summed E-state index contributed by atoms with van der Waals surface area (Å²) in [6, 6.07) is 1.49.